The van der Waals surface area contributed by atoms with Gasteiger partial charge in [0, 0.05) is 35.6 Å². The van der Waals surface area contributed by atoms with E-state index in [0.717, 1.165) is 22.2 Å². The monoisotopic (exact) mass is 283 g/mol. The zero-order valence-electron chi connectivity index (χ0n) is 11.4. The predicted molar refractivity (Wildman–Crippen MR) is 81.0 cm³/mol. The summed E-state index contributed by atoms with van der Waals surface area (Å²) in [7, 11) is 0. The molecule has 0 amide bonds. The van der Waals surface area contributed by atoms with Gasteiger partial charge in [-0.2, -0.15) is 10.4 Å². The smallest absolute Gasteiger partial charge is 0.137 e. The van der Waals surface area contributed by atoms with Crippen LogP contribution >= 0.6 is 0 Å². The number of H-pyrrole nitrogens is 1. The van der Waals surface area contributed by atoms with E-state index in [1.54, 1.807) is 29.2 Å². The van der Waals surface area contributed by atoms with Gasteiger partial charge in [0.1, 0.15) is 11.3 Å². The molecular weight excluding hydrogens is 274 g/mol. The Labute approximate surface area is 126 Å². The summed E-state index contributed by atoms with van der Waals surface area (Å²) in [6, 6.07) is 15.2. The third-order valence-electron chi connectivity index (χ3n) is 3.45. The molecule has 0 unspecified atom stereocenters. The third kappa shape index (κ3) is 1.90. The molecule has 0 fully saturated rings. The molecule has 0 saturated heterocycles. The highest BCUT2D eigenvalue weighted by Crippen LogP contribution is 2.26. The molecule has 0 aliphatic rings. The molecule has 0 spiro atoms. The van der Waals surface area contributed by atoms with Gasteiger partial charge >= 0.3 is 0 Å². The zero-order chi connectivity index (χ0) is 14.9. The summed E-state index contributed by atoms with van der Waals surface area (Å²) >= 11 is 0. The Morgan fingerprint density at radius 3 is 3.18 bits per heavy atom. The van der Waals surface area contributed by atoms with Crippen molar-refractivity contribution in [3.63, 3.8) is 0 Å². The van der Waals surface area contributed by atoms with Crippen LogP contribution in [-0.4, -0.2) is 19.7 Å². The van der Waals surface area contributed by atoms with E-state index in [0.29, 0.717) is 11.3 Å². The van der Waals surface area contributed by atoms with Crippen LogP contribution in [0.2, 0.25) is 0 Å². The Kier molecular flexibility index (Phi) is 2.64. The lowest BCUT2D eigenvalue weighted by molar-refractivity contribution is 0.881. The molecule has 5 heteroatoms. The molecule has 102 valence electrons. The molecule has 3 aromatic heterocycles. The Hall–Kier alpha value is -3.57. The van der Waals surface area contributed by atoms with Crippen molar-refractivity contribution in [1.29, 1.82) is 5.26 Å². The number of aromatic amines is 1. The van der Waals surface area contributed by atoms with Gasteiger partial charge in [-0.1, -0.05) is 6.07 Å². The minimum absolute atomic E-state index is 0.530. The predicted octanol–water partition coefficient (Wildman–Crippen LogP) is 2.89. The molecule has 0 bridgehead atoms. The number of hydrogen-bond donors (Lipinski definition) is 1. The molecular formula is C17H9N5. The van der Waals surface area contributed by atoms with Crippen LogP contribution in [-0.2, 0) is 0 Å². The number of nitriles is 1. The minimum Gasteiger partial charge on any atom is -0.346 e. The highest BCUT2D eigenvalue weighted by Gasteiger charge is 2.08. The van der Waals surface area contributed by atoms with Crippen molar-refractivity contribution in [3.05, 3.63) is 66.7 Å². The van der Waals surface area contributed by atoms with Crippen molar-refractivity contribution in [2.45, 2.75) is 0 Å². The zero-order valence-corrected chi connectivity index (χ0v) is 11.4. The standard InChI is InChI=1S/C17H9N5/c18-9-12-2-1-3-14(8-12)22-11-13(10-21-22)15-4-6-19-17-16(15)5-7-20-17/h2,4-8,10-11H,(H,19,20). The van der Waals surface area contributed by atoms with Crippen LogP contribution in [0, 0.1) is 23.5 Å². The molecule has 0 saturated carbocycles. The molecule has 0 aliphatic carbocycles. The molecule has 4 rings (SSSR count). The van der Waals surface area contributed by atoms with E-state index in [1.807, 2.05) is 24.5 Å². The largest absolute Gasteiger partial charge is 0.346 e. The van der Waals surface area contributed by atoms with Crippen LogP contribution < -0.4 is 0 Å². The summed E-state index contributed by atoms with van der Waals surface area (Å²) in [5.74, 6) is 0. The Morgan fingerprint density at radius 2 is 2.27 bits per heavy atom. The van der Waals surface area contributed by atoms with Gasteiger partial charge in [-0.3, -0.25) is 0 Å². The van der Waals surface area contributed by atoms with Crippen LogP contribution in [0.4, 0.5) is 0 Å². The maximum absolute atomic E-state index is 8.96. The molecule has 5 nitrogen and oxygen atoms in total. The lowest BCUT2D eigenvalue weighted by atomic mass is 10.1. The van der Waals surface area contributed by atoms with E-state index < -0.39 is 0 Å². The highest BCUT2D eigenvalue weighted by molar-refractivity contribution is 5.92. The SMILES string of the molecule is N#Cc1cc#cc(-n2cc(-c3ccnc4[nH]ccc34)cn2)c1. The van der Waals surface area contributed by atoms with Crippen molar-refractivity contribution >= 4 is 11.0 Å². The second-order valence-electron chi connectivity index (χ2n) is 4.78. The van der Waals surface area contributed by atoms with Crippen molar-refractivity contribution < 1.29 is 0 Å². The van der Waals surface area contributed by atoms with Crippen molar-refractivity contribution in [3.8, 4) is 22.9 Å². The lowest BCUT2D eigenvalue weighted by Gasteiger charge is -1.99. The normalized spacial score (nSPS) is 10.3. The van der Waals surface area contributed by atoms with Crippen molar-refractivity contribution in [1.82, 2.24) is 19.7 Å². The van der Waals surface area contributed by atoms with E-state index in [1.165, 1.54) is 0 Å². The number of pyridine rings is 1. The Bertz CT molecular complexity index is 1000. The molecule has 0 radical (unpaired) electrons. The Morgan fingerprint density at radius 1 is 1.32 bits per heavy atom. The number of fused-ring (bicyclic) bond motifs is 1. The van der Waals surface area contributed by atoms with Gasteiger partial charge in [0.15, 0.2) is 0 Å². The van der Waals surface area contributed by atoms with E-state index in [9.17, 15) is 0 Å². The van der Waals surface area contributed by atoms with Gasteiger partial charge in [-0.15, -0.1) is 0 Å². The fraction of sp³-hybridized carbons (Fsp3) is 0. The molecule has 4 aromatic rings. The average Bonchev–Trinajstić information content (AvgIpc) is 3.23. The number of nitrogens with one attached hydrogen (secondary N) is 1. The lowest BCUT2D eigenvalue weighted by Crippen LogP contribution is -1.93. The maximum Gasteiger partial charge on any atom is 0.137 e. The summed E-state index contributed by atoms with van der Waals surface area (Å²) in [4.78, 5) is 7.38. The van der Waals surface area contributed by atoms with Gasteiger partial charge < -0.3 is 4.98 Å². The Balaban J connectivity index is 1.81. The maximum atomic E-state index is 8.96. The number of rotatable bonds is 2. The van der Waals surface area contributed by atoms with E-state index in [4.69, 9.17) is 5.26 Å². The van der Waals surface area contributed by atoms with Gasteiger partial charge in [0.25, 0.3) is 0 Å². The summed E-state index contributed by atoms with van der Waals surface area (Å²) < 4.78 is 1.69. The molecule has 1 aromatic carbocycles. The van der Waals surface area contributed by atoms with Gasteiger partial charge in [-0.25, -0.2) is 9.67 Å². The number of aromatic nitrogens is 4. The first-order valence-corrected chi connectivity index (χ1v) is 6.66. The fourth-order valence-electron chi connectivity index (χ4n) is 2.41. The van der Waals surface area contributed by atoms with Crippen LogP contribution in [0.5, 0.6) is 0 Å². The van der Waals surface area contributed by atoms with Crippen LogP contribution in [0.25, 0.3) is 27.8 Å². The van der Waals surface area contributed by atoms with Crippen LogP contribution in [0.3, 0.4) is 0 Å². The van der Waals surface area contributed by atoms with Crippen LogP contribution in [0.15, 0.2) is 49.1 Å². The van der Waals surface area contributed by atoms with E-state index >= 15 is 0 Å². The van der Waals surface area contributed by atoms with E-state index in [2.05, 4.69) is 33.3 Å². The number of hydrogen-bond acceptors (Lipinski definition) is 3. The molecule has 3 heterocycles. The first-order valence-electron chi connectivity index (χ1n) is 6.66. The first-order chi connectivity index (χ1) is 10.8. The fourth-order valence-corrected chi connectivity index (χ4v) is 2.41. The number of nitrogens with zero attached hydrogens (tertiary/aromatic N) is 4. The second kappa shape index (κ2) is 4.76. The summed E-state index contributed by atoms with van der Waals surface area (Å²) in [5.41, 5.74) is 4.09. The summed E-state index contributed by atoms with van der Waals surface area (Å²) in [6.07, 6.45) is 7.32. The van der Waals surface area contributed by atoms with Crippen LogP contribution in [0.1, 0.15) is 5.56 Å². The third-order valence-corrected chi connectivity index (χ3v) is 3.45. The minimum atomic E-state index is 0.530. The first kappa shape index (κ1) is 12.2. The summed E-state index contributed by atoms with van der Waals surface area (Å²) in [6.45, 7) is 0. The topological polar surface area (TPSA) is 70.3 Å². The molecule has 0 atom stereocenters. The quantitative estimate of drug-likeness (QED) is 0.615. The van der Waals surface area contributed by atoms with Gasteiger partial charge in [0.05, 0.1) is 17.8 Å². The van der Waals surface area contributed by atoms with Gasteiger partial charge in [0.2, 0.25) is 0 Å². The van der Waals surface area contributed by atoms with Crippen molar-refractivity contribution in [2.24, 2.45) is 0 Å². The average molecular weight is 283 g/mol. The molecule has 22 heavy (non-hydrogen) atoms. The van der Waals surface area contributed by atoms with Crippen molar-refractivity contribution in [2.75, 3.05) is 0 Å². The molecule has 0 aliphatic heterocycles. The molecule has 1 N–H and O–H groups in total. The van der Waals surface area contributed by atoms with Gasteiger partial charge in [-0.05, 0) is 29.8 Å². The summed E-state index contributed by atoms with van der Waals surface area (Å²) in [5, 5.41) is 14.4. The highest BCUT2D eigenvalue weighted by atomic mass is 15.3. The second-order valence-corrected chi connectivity index (χ2v) is 4.78. The van der Waals surface area contributed by atoms with E-state index in [-0.39, 0.29) is 0 Å².